The number of thiazole rings is 1. The van der Waals surface area contributed by atoms with Gasteiger partial charge in [0.2, 0.25) is 5.91 Å². The molecule has 32 heavy (non-hydrogen) atoms. The number of benzene rings is 2. The van der Waals surface area contributed by atoms with Crippen LogP contribution >= 0.6 is 34.7 Å². The van der Waals surface area contributed by atoms with Gasteiger partial charge < -0.3 is 0 Å². The number of amides is 1. The number of carbonyl (C=O) groups excluding carboxylic acids is 1. The van der Waals surface area contributed by atoms with Crippen LogP contribution in [0.2, 0.25) is 5.02 Å². The molecule has 0 saturated heterocycles. The summed E-state index contributed by atoms with van der Waals surface area (Å²) in [6.07, 6.45) is 0. The number of thioether (sulfide) groups is 1. The van der Waals surface area contributed by atoms with E-state index in [-0.39, 0.29) is 5.91 Å². The molecule has 4 aromatic rings. The summed E-state index contributed by atoms with van der Waals surface area (Å²) in [4.78, 5) is 18.1. The van der Waals surface area contributed by atoms with Gasteiger partial charge in [0.05, 0.1) is 5.69 Å². The van der Waals surface area contributed by atoms with E-state index in [1.807, 2.05) is 48.7 Å². The quantitative estimate of drug-likeness (QED) is 0.301. The number of halogens is 1. The molecule has 9 heteroatoms. The van der Waals surface area contributed by atoms with Crippen molar-refractivity contribution in [2.45, 2.75) is 31.7 Å². The summed E-state index contributed by atoms with van der Waals surface area (Å²) in [6.45, 7) is 6.16. The fraction of sp³-hybridized carbons (Fsp3) is 0.217. The first-order chi connectivity index (χ1) is 15.5. The molecule has 0 atom stereocenters. The van der Waals surface area contributed by atoms with Crippen molar-refractivity contribution < 1.29 is 4.79 Å². The topological polar surface area (TPSA) is 63.9 Å². The van der Waals surface area contributed by atoms with Crippen LogP contribution in [0, 0.1) is 6.92 Å². The van der Waals surface area contributed by atoms with E-state index in [2.05, 4.69) is 38.8 Å². The Hall–Kier alpha value is -2.68. The van der Waals surface area contributed by atoms with Crippen LogP contribution in [0.15, 0.2) is 59.1 Å². The molecule has 2 aromatic carbocycles. The first-order valence-corrected chi connectivity index (χ1v) is 12.3. The van der Waals surface area contributed by atoms with Gasteiger partial charge in [-0.3, -0.25) is 14.3 Å². The van der Waals surface area contributed by atoms with E-state index in [0.717, 1.165) is 38.6 Å². The lowest BCUT2D eigenvalue weighted by atomic mass is 10.2. The second kappa shape index (κ2) is 9.85. The average molecular weight is 484 g/mol. The summed E-state index contributed by atoms with van der Waals surface area (Å²) in [5.41, 5.74) is 3.99. The van der Waals surface area contributed by atoms with Gasteiger partial charge in [0.15, 0.2) is 16.1 Å². The number of aryl methyl sites for hydroxylation is 1. The summed E-state index contributed by atoms with van der Waals surface area (Å²) >= 11 is 9.12. The second-order valence-corrected chi connectivity index (χ2v) is 9.38. The van der Waals surface area contributed by atoms with E-state index >= 15 is 0 Å². The van der Waals surface area contributed by atoms with Crippen LogP contribution in [0.4, 0.5) is 5.13 Å². The monoisotopic (exact) mass is 483 g/mol. The summed E-state index contributed by atoms with van der Waals surface area (Å²) in [6, 6.07) is 15.8. The van der Waals surface area contributed by atoms with Gasteiger partial charge in [0.25, 0.3) is 0 Å². The molecule has 0 unspecified atom stereocenters. The summed E-state index contributed by atoms with van der Waals surface area (Å²) < 4.78 is 2.06. The Morgan fingerprint density at radius 1 is 1.19 bits per heavy atom. The Morgan fingerprint density at radius 2 is 1.97 bits per heavy atom. The Kier molecular flexibility index (Phi) is 6.93. The maximum atomic E-state index is 11.8. The second-order valence-electron chi connectivity index (χ2n) is 7.16. The molecule has 0 fully saturated rings. The smallest absolute Gasteiger partial charge is 0.225 e. The highest BCUT2D eigenvalue weighted by Crippen LogP contribution is 2.31. The molecule has 0 aliphatic rings. The van der Waals surface area contributed by atoms with Crippen LogP contribution in [0.5, 0.6) is 0 Å². The van der Waals surface area contributed by atoms with Gasteiger partial charge in [0.1, 0.15) is 0 Å². The standard InChI is InChI=1S/C23H22ClN5OS2/c1-4-28(16(3)30)22-25-19(13-31-22)14-32-23-27-26-21(17-8-10-18(24)11-9-17)29(23)20-7-5-6-15(2)12-20/h5-13H,4,14H2,1-3H3. The van der Waals surface area contributed by atoms with Crippen molar-refractivity contribution in [3.8, 4) is 17.1 Å². The van der Waals surface area contributed by atoms with Crippen LogP contribution in [-0.4, -0.2) is 32.2 Å². The highest BCUT2D eigenvalue weighted by atomic mass is 35.5. The van der Waals surface area contributed by atoms with Gasteiger partial charge in [-0.25, -0.2) is 4.98 Å². The maximum Gasteiger partial charge on any atom is 0.225 e. The fourth-order valence-corrected chi connectivity index (χ4v) is 5.28. The molecule has 6 nitrogen and oxygen atoms in total. The third-order valence-electron chi connectivity index (χ3n) is 4.81. The molecule has 1 amide bonds. The van der Waals surface area contributed by atoms with E-state index in [1.54, 1.807) is 23.6 Å². The van der Waals surface area contributed by atoms with E-state index in [0.29, 0.717) is 17.3 Å². The Labute approximate surface area is 200 Å². The number of nitrogens with zero attached hydrogens (tertiary/aromatic N) is 5. The molecule has 0 saturated carbocycles. The Morgan fingerprint density at radius 3 is 2.66 bits per heavy atom. The van der Waals surface area contributed by atoms with Gasteiger partial charge in [-0.2, -0.15) is 0 Å². The van der Waals surface area contributed by atoms with Crippen LogP contribution < -0.4 is 4.90 Å². The number of hydrogen-bond acceptors (Lipinski definition) is 6. The van der Waals surface area contributed by atoms with Crippen molar-refractivity contribution in [3.05, 3.63) is 70.2 Å². The SMILES string of the molecule is CCN(C(C)=O)c1nc(CSc2nnc(-c3ccc(Cl)cc3)n2-c2cccc(C)c2)cs1. The molecule has 0 aliphatic heterocycles. The van der Waals surface area contributed by atoms with Gasteiger partial charge in [-0.05, 0) is 55.8 Å². The minimum absolute atomic E-state index is 0.00662. The number of anilines is 1. The largest absolute Gasteiger partial charge is 0.289 e. The minimum atomic E-state index is -0.00662. The van der Waals surface area contributed by atoms with E-state index in [4.69, 9.17) is 11.6 Å². The Balaban J connectivity index is 1.65. The fourth-order valence-electron chi connectivity index (χ4n) is 3.27. The predicted octanol–water partition coefficient (Wildman–Crippen LogP) is 6.02. The molecule has 0 bridgehead atoms. The number of carbonyl (C=O) groups is 1. The molecular formula is C23H22ClN5OS2. The lowest BCUT2D eigenvalue weighted by Gasteiger charge is -2.14. The zero-order valence-electron chi connectivity index (χ0n) is 17.9. The summed E-state index contributed by atoms with van der Waals surface area (Å²) in [5.74, 6) is 1.37. The normalized spacial score (nSPS) is 11.0. The molecule has 0 N–H and O–H groups in total. The van der Waals surface area contributed by atoms with E-state index in [9.17, 15) is 4.79 Å². The van der Waals surface area contributed by atoms with E-state index < -0.39 is 0 Å². The van der Waals surface area contributed by atoms with Crippen LogP contribution in [-0.2, 0) is 10.5 Å². The first kappa shape index (κ1) is 22.5. The number of rotatable bonds is 7. The number of aromatic nitrogens is 4. The molecule has 0 aliphatic carbocycles. The van der Waals surface area contributed by atoms with Crippen molar-refractivity contribution in [1.29, 1.82) is 0 Å². The Bertz CT molecular complexity index is 1240. The van der Waals surface area contributed by atoms with Gasteiger partial charge in [-0.1, -0.05) is 35.5 Å². The maximum absolute atomic E-state index is 11.8. The van der Waals surface area contributed by atoms with Crippen LogP contribution in [0.1, 0.15) is 25.1 Å². The lowest BCUT2D eigenvalue weighted by Crippen LogP contribution is -2.27. The molecule has 2 aromatic heterocycles. The molecule has 0 radical (unpaired) electrons. The van der Waals surface area contributed by atoms with Gasteiger partial charge in [-0.15, -0.1) is 21.5 Å². The first-order valence-electron chi connectivity index (χ1n) is 10.1. The summed E-state index contributed by atoms with van der Waals surface area (Å²) in [7, 11) is 0. The summed E-state index contributed by atoms with van der Waals surface area (Å²) in [5, 5.41) is 13.1. The van der Waals surface area contributed by atoms with Crippen molar-refractivity contribution in [2.75, 3.05) is 11.4 Å². The van der Waals surface area contributed by atoms with Crippen LogP contribution in [0.25, 0.3) is 17.1 Å². The highest BCUT2D eigenvalue weighted by Gasteiger charge is 2.18. The molecular weight excluding hydrogens is 462 g/mol. The van der Waals surface area contributed by atoms with Crippen molar-refractivity contribution in [2.24, 2.45) is 0 Å². The minimum Gasteiger partial charge on any atom is -0.289 e. The lowest BCUT2D eigenvalue weighted by molar-refractivity contribution is -0.116. The third-order valence-corrected chi connectivity index (χ3v) is 6.94. The average Bonchev–Trinajstić information content (AvgIpc) is 3.40. The zero-order valence-corrected chi connectivity index (χ0v) is 20.3. The van der Waals surface area contributed by atoms with Crippen LogP contribution in [0.3, 0.4) is 0 Å². The third kappa shape index (κ3) is 4.87. The number of hydrogen-bond donors (Lipinski definition) is 0. The highest BCUT2D eigenvalue weighted by molar-refractivity contribution is 7.98. The molecule has 4 rings (SSSR count). The molecule has 0 spiro atoms. The van der Waals surface area contributed by atoms with Gasteiger partial charge >= 0.3 is 0 Å². The molecule has 2 heterocycles. The predicted molar refractivity (Wildman–Crippen MR) is 132 cm³/mol. The molecule has 164 valence electrons. The van der Waals surface area contributed by atoms with Crippen molar-refractivity contribution in [1.82, 2.24) is 19.7 Å². The van der Waals surface area contributed by atoms with E-state index in [1.165, 1.54) is 11.3 Å². The van der Waals surface area contributed by atoms with Crippen molar-refractivity contribution in [3.63, 3.8) is 0 Å². The zero-order chi connectivity index (χ0) is 22.7. The van der Waals surface area contributed by atoms with Crippen molar-refractivity contribution >= 4 is 45.7 Å². The van der Waals surface area contributed by atoms with Gasteiger partial charge in [0, 0.05) is 40.9 Å².